The van der Waals surface area contributed by atoms with Crippen molar-refractivity contribution in [3.63, 3.8) is 0 Å². The molecule has 0 amide bonds. The van der Waals surface area contributed by atoms with Gasteiger partial charge in [0.15, 0.2) is 0 Å². The molecule has 2 heterocycles. The van der Waals surface area contributed by atoms with Crippen molar-refractivity contribution in [2.24, 2.45) is 0 Å². The van der Waals surface area contributed by atoms with Gasteiger partial charge < -0.3 is 20.7 Å². The zero-order chi connectivity index (χ0) is 16.7. The van der Waals surface area contributed by atoms with Crippen molar-refractivity contribution in [1.82, 2.24) is 5.32 Å². The summed E-state index contributed by atoms with van der Waals surface area (Å²) >= 11 is 0. The van der Waals surface area contributed by atoms with Gasteiger partial charge in [-0.1, -0.05) is 18.2 Å². The van der Waals surface area contributed by atoms with Crippen LogP contribution >= 0.6 is 0 Å². The van der Waals surface area contributed by atoms with E-state index in [2.05, 4.69) is 41.4 Å². The van der Waals surface area contributed by atoms with Crippen molar-refractivity contribution in [3.05, 3.63) is 47.5 Å². The number of aryl methyl sites for hydroxylation is 1. The molecule has 0 saturated carbocycles. The van der Waals surface area contributed by atoms with Gasteiger partial charge >= 0.3 is 0 Å². The Morgan fingerprint density at radius 3 is 2.58 bits per heavy atom. The number of methoxy groups -OCH3 is 1. The summed E-state index contributed by atoms with van der Waals surface area (Å²) in [7, 11) is 1.75. The van der Waals surface area contributed by atoms with Gasteiger partial charge in [-0.25, -0.2) is 0 Å². The number of hydrogen-bond acceptors (Lipinski definition) is 4. The molecule has 0 unspecified atom stereocenters. The molecule has 2 aliphatic rings. The zero-order valence-electron chi connectivity index (χ0n) is 14.4. The number of ether oxygens (including phenoxy) is 1. The number of anilines is 3. The highest BCUT2D eigenvalue weighted by Gasteiger charge is 2.46. The molecule has 0 aromatic heterocycles. The normalized spacial score (nSPS) is 18.7. The standard InChI is InChI=1S/C20H25N3O/c1-14-7-8-17(24-2)19-18(14)20(9-11-22-12-10-20)13-23(19)16-6-4-3-5-15(16)21/h3-8,22H,9-13,21H2,1-2H3. The molecule has 4 heteroatoms. The van der Waals surface area contributed by atoms with Gasteiger partial charge in [0.05, 0.1) is 24.2 Å². The van der Waals surface area contributed by atoms with E-state index in [4.69, 9.17) is 10.5 Å². The van der Waals surface area contributed by atoms with Crippen molar-refractivity contribution in [3.8, 4) is 5.75 Å². The van der Waals surface area contributed by atoms with E-state index in [9.17, 15) is 0 Å². The number of para-hydroxylation sites is 2. The van der Waals surface area contributed by atoms with Crippen LogP contribution in [0.15, 0.2) is 36.4 Å². The van der Waals surface area contributed by atoms with Crippen molar-refractivity contribution < 1.29 is 4.74 Å². The number of rotatable bonds is 2. The molecule has 1 fully saturated rings. The van der Waals surface area contributed by atoms with Crippen molar-refractivity contribution >= 4 is 17.1 Å². The number of nitrogens with one attached hydrogen (secondary N) is 1. The Balaban J connectivity index is 1.94. The second-order valence-corrected chi connectivity index (χ2v) is 6.98. The fourth-order valence-corrected chi connectivity index (χ4v) is 4.49. The monoisotopic (exact) mass is 323 g/mol. The fourth-order valence-electron chi connectivity index (χ4n) is 4.49. The van der Waals surface area contributed by atoms with Crippen LogP contribution in [0.25, 0.3) is 0 Å². The van der Waals surface area contributed by atoms with Crippen LogP contribution in [0.4, 0.5) is 17.1 Å². The van der Waals surface area contributed by atoms with E-state index < -0.39 is 0 Å². The summed E-state index contributed by atoms with van der Waals surface area (Å²) in [5.41, 5.74) is 12.4. The topological polar surface area (TPSA) is 50.5 Å². The lowest BCUT2D eigenvalue weighted by Crippen LogP contribution is -2.42. The van der Waals surface area contributed by atoms with Crippen molar-refractivity contribution in [2.75, 3.05) is 37.4 Å². The number of nitrogens with zero attached hydrogens (tertiary/aromatic N) is 1. The Hall–Kier alpha value is -2.20. The summed E-state index contributed by atoms with van der Waals surface area (Å²) in [6.45, 7) is 5.32. The highest BCUT2D eigenvalue weighted by molar-refractivity contribution is 5.84. The van der Waals surface area contributed by atoms with E-state index in [0.29, 0.717) is 0 Å². The Kier molecular flexibility index (Phi) is 3.65. The first-order valence-electron chi connectivity index (χ1n) is 8.67. The predicted octanol–water partition coefficient (Wildman–Crippen LogP) is 3.36. The Labute approximate surface area is 143 Å². The van der Waals surface area contributed by atoms with E-state index in [1.165, 1.54) is 16.8 Å². The molecule has 0 aliphatic carbocycles. The molecular formula is C20H25N3O. The molecule has 1 saturated heterocycles. The smallest absolute Gasteiger partial charge is 0.142 e. The third kappa shape index (κ3) is 2.17. The molecule has 0 radical (unpaired) electrons. The minimum Gasteiger partial charge on any atom is -0.495 e. The lowest BCUT2D eigenvalue weighted by Gasteiger charge is -2.35. The molecule has 4 rings (SSSR count). The minimum absolute atomic E-state index is 0.182. The molecule has 126 valence electrons. The zero-order valence-corrected chi connectivity index (χ0v) is 14.4. The van der Waals surface area contributed by atoms with E-state index in [0.717, 1.165) is 49.6 Å². The van der Waals surface area contributed by atoms with Crippen LogP contribution < -0.4 is 20.7 Å². The molecule has 4 nitrogen and oxygen atoms in total. The highest BCUT2D eigenvalue weighted by atomic mass is 16.5. The number of benzene rings is 2. The third-order valence-electron chi connectivity index (χ3n) is 5.62. The van der Waals surface area contributed by atoms with Gasteiger partial charge in [0.1, 0.15) is 5.75 Å². The van der Waals surface area contributed by atoms with Crippen LogP contribution in [0.1, 0.15) is 24.0 Å². The maximum absolute atomic E-state index is 6.31. The van der Waals surface area contributed by atoms with E-state index in [1.54, 1.807) is 7.11 Å². The molecule has 0 bridgehead atoms. The molecule has 24 heavy (non-hydrogen) atoms. The minimum atomic E-state index is 0.182. The van der Waals surface area contributed by atoms with Gasteiger partial charge in [-0.3, -0.25) is 0 Å². The summed E-state index contributed by atoms with van der Waals surface area (Å²) < 4.78 is 5.74. The quantitative estimate of drug-likeness (QED) is 0.832. The average molecular weight is 323 g/mol. The Morgan fingerprint density at radius 1 is 1.12 bits per heavy atom. The number of nitrogens with two attached hydrogens (primary N) is 1. The Morgan fingerprint density at radius 2 is 1.88 bits per heavy atom. The van der Waals surface area contributed by atoms with E-state index in [-0.39, 0.29) is 5.41 Å². The average Bonchev–Trinajstić information content (AvgIpc) is 2.92. The summed E-state index contributed by atoms with van der Waals surface area (Å²) in [5.74, 6) is 0.939. The molecule has 2 aromatic carbocycles. The van der Waals surface area contributed by atoms with Gasteiger partial charge in [0, 0.05) is 12.0 Å². The second kappa shape index (κ2) is 5.71. The Bertz CT molecular complexity index is 765. The number of hydrogen-bond donors (Lipinski definition) is 2. The maximum atomic E-state index is 6.31. The first kappa shape index (κ1) is 15.3. The van der Waals surface area contributed by atoms with Crippen LogP contribution in [0.2, 0.25) is 0 Å². The van der Waals surface area contributed by atoms with Crippen LogP contribution in [-0.2, 0) is 5.41 Å². The molecule has 1 spiro atoms. The van der Waals surface area contributed by atoms with Gasteiger partial charge in [-0.2, -0.15) is 0 Å². The van der Waals surface area contributed by atoms with Crippen molar-refractivity contribution in [1.29, 1.82) is 0 Å². The first-order chi connectivity index (χ1) is 11.7. The van der Waals surface area contributed by atoms with E-state index in [1.807, 2.05) is 12.1 Å². The number of nitrogen functional groups attached to an aromatic ring is 1. The number of piperidine rings is 1. The molecule has 3 N–H and O–H groups in total. The first-order valence-corrected chi connectivity index (χ1v) is 8.67. The van der Waals surface area contributed by atoms with Gasteiger partial charge in [-0.05, 0) is 62.2 Å². The summed E-state index contributed by atoms with van der Waals surface area (Å²) in [6.07, 6.45) is 2.30. The lowest BCUT2D eigenvalue weighted by molar-refractivity contribution is 0.328. The summed E-state index contributed by atoms with van der Waals surface area (Å²) in [4.78, 5) is 2.38. The summed E-state index contributed by atoms with van der Waals surface area (Å²) in [5, 5.41) is 3.51. The van der Waals surface area contributed by atoms with Crippen molar-refractivity contribution in [2.45, 2.75) is 25.2 Å². The maximum Gasteiger partial charge on any atom is 0.142 e. The second-order valence-electron chi connectivity index (χ2n) is 6.98. The largest absolute Gasteiger partial charge is 0.495 e. The van der Waals surface area contributed by atoms with E-state index >= 15 is 0 Å². The third-order valence-corrected chi connectivity index (χ3v) is 5.62. The fraction of sp³-hybridized carbons (Fsp3) is 0.400. The van der Waals surface area contributed by atoms with Gasteiger partial charge in [0.25, 0.3) is 0 Å². The molecule has 2 aliphatic heterocycles. The summed E-state index contributed by atoms with van der Waals surface area (Å²) in [6, 6.07) is 12.4. The molecular weight excluding hydrogens is 298 g/mol. The van der Waals surface area contributed by atoms with Crippen LogP contribution in [0, 0.1) is 6.92 Å². The molecule has 0 atom stereocenters. The van der Waals surface area contributed by atoms with Crippen LogP contribution in [0.5, 0.6) is 5.75 Å². The predicted molar refractivity (Wildman–Crippen MR) is 99.4 cm³/mol. The molecule has 2 aromatic rings. The lowest BCUT2D eigenvalue weighted by atomic mass is 9.73. The number of fused-ring (bicyclic) bond motifs is 2. The van der Waals surface area contributed by atoms with Crippen LogP contribution in [0.3, 0.4) is 0 Å². The van der Waals surface area contributed by atoms with Gasteiger partial charge in [-0.15, -0.1) is 0 Å². The van der Waals surface area contributed by atoms with Crippen LogP contribution in [-0.4, -0.2) is 26.7 Å². The van der Waals surface area contributed by atoms with Gasteiger partial charge in [0.2, 0.25) is 0 Å². The SMILES string of the molecule is COc1ccc(C)c2c1N(c1ccccc1N)CC21CCNCC1. The highest BCUT2D eigenvalue weighted by Crippen LogP contribution is 2.54.